The first-order valence-corrected chi connectivity index (χ1v) is 7.24. The molecule has 3 unspecified atom stereocenters. The van der Waals surface area contributed by atoms with Crippen LogP contribution in [0.4, 0.5) is 5.69 Å². The summed E-state index contributed by atoms with van der Waals surface area (Å²) in [5.74, 6) is 2.64. The third-order valence-electron chi connectivity index (χ3n) is 4.90. The number of hydrogen-bond donors (Lipinski definition) is 1. The summed E-state index contributed by atoms with van der Waals surface area (Å²) in [4.78, 5) is 14.2. The van der Waals surface area contributed by atoms with Crippen LogP contribution in [-0.2, 0) is 0 Å². The Bertz CT molecular complexity index is 468. The Morgan fingerprint density at radius 3 is 2.58 bits per heavy atom. The van der Waals surface area contributed by atoms with Gasteiger partial charge < -0.3 is 10.6 Å². The predicted octanol–water partition coefficient (Wildman–Crippen LogP) is 2.78. The minimum Gasteiger partial charge on any atom is -0.399 e. The van der Waals surface area contributed by atoms with Crippen molar-refractivity contribution in [1.82, 2.24) is 4.90 Å². The third-order valence-corrected chi connectivity index (χ3v) is 4.90. The molecule has 2 N–H and O–H groups in total. The first-order valence-electron chi connectivity index (χ1n) is 7.24. The Morgan fingerprint density at radius 2 is 2.00 bits per heavy atom. The predicted molar refractivity (Wildman–Crippen MR) is 76.8 cm³/mol. The highest BCUT2D eigenvalue weighted by Crippen LogP contribution is 2.48. The van der Waals surface area contributed by atoms with Crippen LogP contribution < -0.4 is 5.73 Å². The molecule has 3 nitrogen and oxygen atoms in total. The van der Waals surface area contributed by atoms with Crippen LogP contribution in [0.25, 0.3) is 0 Å². The summed E-state index contributed by atoms with van der Waals surface area (Å²) in [5, 5.41) is 0. The molecule has 1 aromatic carbocycles. The summed E-state index contributed by atoms with van der Waals surface area (Å²) in [7, 11) is 1.92. The average Bonchev–Trinajstić information content (AvgIpc) is 3.01. The van der Waals surface area contributed by atoms with Gasteiger partial charge in [-0.25, -0.2) is 0 Å². The second-order valence-electron chi connectivity index (χ2n) is 6.24. The SMILES string of the molecule is CN(CC1CC2CCC1C2)C(=O)c1ccc(N)cc1. The fourth-order valence-corrected chi connectivity index (χ4v) is 3.88. The van der Waals surface area contributed by atoms with Crippen molar-refractivity contribution < 1.29 is 4.79 Å². The van der Waals surface area contributed by atoms with Crippen LogP contribution in [-0.4, -0.2) is 24.4 Å². The lowest BCUT2D eigenvalue weighted by molar-refractivity contribution is 0.0754. The minimum atomic E-state index is 0.114. The van der Waals surface area contributed by atoms with Crippen LogP contribution in [0.15, 0.2) is 24.3 Å². The first-order chi connectivity index (χ1) is 9.13. The van der Waals surface area contributed by atoms with Gasteiger partial charge in [0.15, 0.2) is 0 Å². The number of amides is 1. The van der Waals surface area contributed by atoms with Crippen molar-refractivity contribution >= 4 is 11.6 Å². The molecule has 0 radical (unpaired) electrons. The van der Waals surface area contributed by atoms with Crippen molar-refractivity contribution in [2.45, 2.75) is 25.7 Å². The van der Waals surface area contributed by atoms with E-state index >= 15 is 0 Å². The van der Waals surface area contributed by atoms with Crippen molar-refractivity contribution in [2.75, 3.05) is 19.3 Å². The molecule has 19 heavy (non-hydrogen) atoms. The minimum absolute atomic E-state index is 0.114. The van der Waals surface area contributed by atoms with E-state index in [-0.39, 0.29) is 5.91 Å². The van der Waals surface area contributed by atoms with Gasteiger partial charge in [0, 0.05) is 24.8 Å². The zero-order valence-corrected chi connectivity index (χ0v) is 11.5. The number of nitrogens with zero attached hydrogens (tertiary/aromatic N) is 1. The topological polar surface area (TPSA) is 46.3 Å². The molecule has 102 valence electrons. The smallest absolute Gasteiger partial charge is 0.253 e. The molecule has 1 amide bonds. The Balaban J connectivity index is 1.62. The van der Waals surface area contributed by atoms with Crippen LogP contribution >= 0.6 is 0 Å². The molecular formula is C16H22N2O. The summed E-state index contributed by atoms with van der Waals surface area (Å²) in [6, 6.07) is 7.21. The van der Waals surface area contributed by atoms with Gasteiger partial charge in [-0.05, 0) is 61.3 Å². The van der Waals surface area contributed by atoms with E-state index in [1.807, 2.05) is 24.1 Å². The van der Waals surface area contributed by atoms with Crippen LogP contribution in [0.3, 0.4) is 0 Å². The van der Waals surface area contributed by atoms with E-state index in [2.05, 4.69) is 0 Å². The summed E-state index contributed by atoms with van der Waals surface area (Å²) in [6.45, 7) is 0.907. The van der Waals surface area contributed by atoms with E-state index in [9.17, 15) is 4.79 Å². The van der Waals surface area contributed by atoms with Crippen molar-refractivity contribution in [3.05, 3.63) is 29.8 Å². The van der Waals surface area contributed by atoms with Crippen molar-refractivity contribution in [2.24, 2.45) is 17.8 Å². The molecule has 1 aromatic rings. The molecule has 2 aliphatic carbocycles. The Morgan fingerprint density at radius 1 is 1.26 bits per heavy atom. The lowest BCUT2D eigenvalue weighted by Gasteiger charge is -2.27. The van der Waals surface area contributed by atoms with E-state index in [0.717, 1.165) is 29.9 Å². The number of benzene rings is 1. The zero-order chi connectivity index (χ0) is 13.4. The second-order valence-corrected chi connectivity index (χ2v) is 6.24. The quantitative estimate of drug-likeness (QED) is 0.847. The lowest BCUT2D eigenvalue weighted by Crippen LogP contribution is -2.33. The fourth-order valence-electron chi connectivity index (χ4n) is 3.88. The molecule has 0 heterocycles. The van der Waals surface area contributed by atoms with Gasteiger partial charge in [-0.2, -0.15) is 0 Å². The van der Waals surface area contributed by atoms with E-state index in [0.29, 0.717) is 5.69 Å². The van der Waals surface area contributed by atoms with Gasteiger partial charge in [-0.3, -0.25) is 4.79 Å². The highest BCUT2D eigenvalue weighted by Gasteiger charge is 2.40. The largest absolute Gasteiger partial charge is 0.399 e. The maximum Gasteiger partial charge on any atom is 0.253 e. The van der Waals surface area contributed by atoms with Crippen molar-refractivity contribution in [3.63, 3.8) is 0 Å². The van der Waals surface area contributed by atoms with Gasteiger partial charge in [0.1, 0.15) is 0 Å². The molecule has 3 atom stereocenters. The summed E-state index contributed by atoms with van der Waals surface area (Å²) in [5.41, 5.74) is 7.09. The summed E-state index contributed by atoms with van der Waals surface area (Å²) >= 11 is 0. The Labute approximate surface area is 114 Å². The highest BCUT2D eigenvalue weighted by molar-refractivity contribution is 5.94. The van der Waals surface area contributed by atoms with E-state index < -0.39 is 0 Å². The van der Waals surface area contributed by atoms with Gasteiger partial charge in [0.2, 0.25) is 0 Å². The molecule has 2 bridgehead atoms. The zero-order valence-electron chi connectivity index (χ0n) is 11.5. The van der Waals surface area contributed by atoms with Crippen molar-refractivity contribution in [3.8, 4) is 0 Å². The van der Waals surface area contributed by atoms with Gasteiger partial charge in [0.25, 0.3) is 5.91 Å². The summed E-state index contributed by atoms with van der Waals surface area (Å²) in [6.07, 6.45) is 5.51. The first kappa shape index (κ1) is 12.5. The monoisotopic (exact) mass is 258 g/mol. The molecular weight excluding hydrogens is 236 g/mol. The van der Waals surface area contributed by atoms with E-state index in [1.165, 1.54) is 25.7 Å². The van der Waals surface area contributed by atoms with Crippen LogP contribution in [0.2, 0.25) is 0 Å². The number of hydrogen-bond acceptors (Lipinski definition) is 2. The Kier molecular flexibility index (Phi) is 3.21. The number of anilines is 1. The molecule has 3 heteroatoms. The lowest BCUT2D eigenvalue weighted by atomic mass is 9.88. The normalized spacial score (nSPS) is 28.6. The average molecular weight is 258 g/mol. The van der Waals surface area contributed by atoms with Gasteiger partial charge in [-0.15, -0.1) is 0 Å². The molecule has 0 aromatic heterocycles. The highest BCUT2D eigenvalue weighted by atomic mass is 16.2. The number of rotatable bonds is 3. The third kappa shape index (κ3) is 2.46. The molecule has 0 aliphatic heterocycles. The van der Waals surface area contributed by atoms with Gasteiger partial charge >= 0.3 is 0 Å². The number of nitrogen functional groups attached to an aromatic ring is 1. The number of nitrogens with two attached hydrogens (primary N) is 1. The number of carbonyl (C=O) groups is 1. The molecule has 0 saturated heterocycles. The molecule has 3 rings (SSSR count). The fraction of sp³-hybridized carbons (Fsp3) is 0.562. The standard InChI is InChI=1S/C16H22N2O/c1-18(10-14-9-11-2-3-13(14)8-11)16(19)12-4-6-15(17)7-5-12/h4-7,11,13-14H,2-3,8-10,17H2,1H3. The van der Waals surface area contributed by atoms with Crippen LogP contribution in [0.1, 0.15) is 36.0 Å². The van der Waals surface area contributed by atoms with E-state index in [1.54, 1.807) is 12.1 Å². The van der Waals surface area contributed by atoms with Crippen LogP contribution in [0.5, 0.6) is 0 Å². The van der Waals surface area contributed by atoms with Gasteiger partial charge in [0.05, 0.1) is 0 Å². The Hall–Kier alpha value is -1.51. The number of carbonyl (C=O) groups excluding carboxylic acids is 1. The molecule has 0 spiro atoms. The number of fused-ring (bicyclic) bond motifs is 2. The van der Waals surface area contributed by atoms with Crippen molar-refractivity contribution in [1.29, 1.82) is 0 Å². The van der Waals surface area contributed by atoms with Crippen LogP contribution in [0, 0.1) is 17.8 Å². The molecule has 2 fully saturated rings. The van der Waals surface area contributed by atoms with E-state index in [4.69, 9.17) is 5.73 Å². The maximum absolute atomic E-state index is 12.3. The maximum atomic E-state index is 12.3. The summed E-state index contributed by atoms with van der Waals surface area (Å²) < 4.78 is 0. The second kappa shape index (κ2) is 4.87. The molecule has 2 aliphatic rings. The molecule has 2 saturated carbocycles. The van der Waals surface area contributed by atoms with Gasteiger partial charge in [-0.1, -0.05) is 6.42 Å².